The van der Waals surface area contributed by atoms with Gasteiger partial charge in [0.25, 0.3) is 0 Å². The van der Waals surface area contributed by atoms with Crippen molar-refractivity contribution < 1.29 is 19.8 Å². The first-order chi connectivity index (χ1) is 10.1. The molecule has 21 heavy (non-hydrogen) atoms. The Balaban J connectivity index is 2.08. The lowest BCUT2D eigenvalue weighted by molar-refractivity contribution is -0.135. The van der Waals surface area contributed by atoms with E-state index < -0.39 is 18.5 Å². The lowest BCUT2D eigenvalue weighted by Gasteiger charge is -2.30. The Labute approximate surface area is 122 Å². The molecule has 0 unspecified atom stereocenters. The van der Waals surface area contributed by atoms with Crippen molar-refractivity contribution in [2.45, 2.75) is 19.3 Å². The number of carboxylic acid groups (broad SMARTS) is 1. The summed E-state index contributed by atoms with van der Waals surface area (Å²) in [5.41, 5.74) is 3.15. The summed E-state index contributed by atoms with van der Waals surface area (Å²) in [5.74, 6) is -1.04. The number of phenolic OH excluding ortho intramolecular Hbond substituents is 1. The Morgan fingerprint density at radius 3 is 2.33 bits per heavy atom. The topological polar surface area (TPSA) is 93.1 Å². The van der Waals surface area contributed by atoms with Gasteiger partial charge in [0.05, 0.1) is 0 Å². The van der Waals surface area contributed by atoms with E-state index in [1.54, 1.807) is 5.01 Å². The minimum Gasteiger partial charge on any atom is -0.508 e. The Kier molecular flexibility index (Phi) is 4.99. The first kappa shape index (κ1) is 15.1. The Morgan fingerprint density at radius 1 is 1.14 bits per heavy atom. The van der Waals surface area contributed by atoms with Crippen LogP contribution >= 0.6 is 0 Å². The molecule has 1 aliphatic heterocycles. The highest BCUT2D eigenvalue weighted by Gasteiger charge is 2.21. The third kappa shape index (κ3) is 4.35. The van der Waals surface area contributed by atoms with E-state index in [-0.39, 0.29) is 5.75 Å². The minimum atomic E-state index is -1.10. The second-order valence-electron chi connectivity index (χ2n) is 4.96. The number of urea groups is 1. The van der Waals surface area contributed by atoms with Crippen LogP contribution in [0.5, 0.6) is 5.75 Å². The smallest absolute Gasteiger partial charge is 0.336 e. The summed E-state index contributed by atoms with van der Waals surface area (Å²) in [6, 6.07) is 5.36. The number of rotatable bonds is 4. The molecule has 0 saturated carbocycles. The normalized spacial score (nSPS) is 15.4. The summed E-state index contributed by atoms with van der Waals surface area (Å²) in [7, 11) is 0. The van der Waals surface area contributed by atoms with Crippen LogP contribution in [-0.4, -0.2) is 46.9 Å². The largest absolute Gasteiger partial charge is 0.508 e. The number of carbonyl (C=O) groups is 2. The van der Waals surface area contributed by atoms with Crippen LogP contribution in [0.1, 0.15) is 19.3 Å². The molecule has 1 aromatic carbocycles. The van der Waals surface area contributed by atoms with Crippen LogP contribution in [0.15, 0.2) is 24.3 Å². The van der Waals surface area contributed by atoms with Crippen LogP contribution < -0.4 is 10.3 Å². The van der Waals surface area contributed by atoms with Crippen molar-refractivity contribution in [2.24, 2.45) is 0 Å². The third-order valence-electron chi connectivity index (χ3n) is 3.31. The highest BCUT2D eigenvalue weighted by atomic mass is 16.4. The Hall–Kier alpha value is -2.28. The number of phenols is 1. The zero-order valence-electron chi connectivity index (χ0n) is 11.7. The van der Waals surface area contributed by atoms with E-state index in [9.17, 15) is 14.7 Å². The van der Waals surface area contributed by atoms with Crippen molar-refractivity contribution in [1.29, 1.82) is 0 Å². The summed E-state index contributed by atoms with van der Waals surface area (Å²) in [5, 5.41) is 20.1. The van der Waals surface area contributed by atoms with Gasteiger partial charge in [-0.3, -0.25) is 15.1 Å². The molecule has 7 nitrogen and oxygen atoms in total. The van der Waals surface area contributed by atoms with Crippen LogP contribution in [0.4, 0.5) is 10.5 Å². The first-order valence-corrected chi connectivity index (χ1v) is 6.90. The van der Waals surface area contributed by atoms with E-state index >= 15 is 0 Å². The molecule has 0 radical (unpaired) electrons. The quantitative estimate of drug-likeness (QED) is 0.780. The molecular formula is C14H19N3O4. The first-order valence-electron chi connectivity index (χ1n) is 6.90. The summed E-state index contributed by atoms with van der Waals surface area (Å²) < 4.78 is 0. The van der Waals surface area contributed by atoms with E-state index in [0.29, 0.717) is 5.69 Å². The number of hydrazine groups is 1. The van der Waals surface area contributed by atoms with Gasteiger partial charge in [-0.15, -0.1) is 0 Å². The molecule has 0 aromatic heterocycles. The van der Waals surface area contributed by atoms with Crippen molar-refractivity contribution in [2.75, 3.05) is 24.5 Å². The lowest BCUT2D eigenvalue weighted by Crippen LogP contribution is -2.52. The van der Waals surface area contributed by atoms with Crippen molar-refractivity contribution in [1.82, 2.24) is 10.4 Å². The van der Waals surface area contributed by atoms with Gasteiger partial charge in [-0.25, -0.2) is 9.80 Å². The van der Waals surface area contributed by atoms with Crippen LogP contribution in [0.3, 0.4) is 0 Å². The third-order valence-corrected chi connectivity index (χ3v) is 3.31. The molecular weight excluding hydrogens is 274 g/mol. The molecule has 0 bridgehead atoms. The van der Waals surface area contributed by atoms with Crippen molar-refractivity contribution in [3.05, 3.63) is 24.3 Å². The predicted molar refractivity (Wildman–Crippen MR) is 77.0 cm³/mol. The number of carboxylic acids is 1. The number of piperidine rings is 1. The van der Waals surface area contributed by atoms with Gasteiger partial charge in [0.15, 0.2) is 0 Å². The van der Waals surface area contributed by atoms with Crippen LogP contribution in [-0.2, 0) is 4.79 Å². The minimum absolute atomic E-state index is 0.0606. The molecule has 1 heterocycles. The average molecular weight is 293 g/mol. The maximum absolute atomic E-state index is 12.3. The number of nitrogens with one attached hydrogen (secondary N) is 1. The zero-order valence-corrected chi connectivity index (χ0v) is 11.7. The number of carbonyl (C=O) groups excluding carboxylic acids is 1. The highest BCUT2D eigenvalue weighted by molar-refractivity contribution is 5.96. The highest BCUT2D eigenvalue weighted by Crippen LogP contribution is 2.18. The lowest BCUT2D eigenvalue weighted by atomic mass is 10.2. The average Bonchev–Trinajstić information content (AvgIpc) is 2.46. The number of anilines is 1. The molecule has 2 amide bonds. The van der Waals surface area contributed by atoms with E-state index in [1.165, 1.54) is 24.3 Å². The number of hydrogen-bond acceptors (Lipinski definition) is 4. The summed E-state index contributed by atoms with van der Waals surface area (Å²) >= 11 is 0. The number of aliphatic carboxylic acids is 1. The van der Waals surface area contributed by atoms with Crippen LogP contribution in [0.2, 0.25) is 0 Å². The van der Waals surface area contributed by atoms with E-state index in [0.717, 1.165) is 37.3 Å². The monoisotopic (exact) mass is 293 g/mol. The van der Waals surface area contributed by atoms with E-state index in [2.05, 4.69) is 5.43 Å². The standard InChI is InChI=1S/C14H19N3O4/c18-12-6-4-11(5-7-12)17(10-13(19)20)14(21)15-16-8-2-1-3-9-16/h4-7,18H,1-3,8-10H2,(H,15,21)(H,19,20). The van der Waals surface area contributed by atoms with E-state index in [4.69, 9.17) is 5.11 Å². The molecule has 1 aromatic rings. The summed E-state index contributed by atoms with van der Waals surface area (Å²) in [6.45, 7) is 1.09. The van der Waals surface area contributed by atoms with Crippen LogP contribution in [0.25, 0.3) is 0 Å². The second-order valence-corrected chi connectivity index (χ2v) is 4.96. The summed E-state index contributed by atoms with van der Waals surface area (Å²) in [4.78, 5) is 24.4. The molecule has 0 spiro atoms. The maximum atomic E-state index is 12.3. The van der Waals surface area contributed by atoms with Crippen molar-refractivity contribution in [3.8, 4) is 5.75 Å². The van der Waals surface area contributed by atoms with Gasteiger partial charge < -0.3 is 10.2 Å². The van der Waals surface area contributed by atoms with Gasteiger partial charge in [-0.05, 0) is 37.1 Å². The number of nitrogens with zero attached hydrogens (tertiary/aromatic N) is 2. The fraction of sp³-hybridized carbons (Fsp3) is 0.429. The molecule has 1 fully saturated rings. The Morgan fingerprint density at radius 2 is 1.76 bits per heavy atom. The SMILES string of the molecule is O=C(O)CN(C(=O)NN1CCCCC1)c1ccc(O)cc1. The van der Waals surface area contributed by atoms with Crippen molar-refractivity contribution >= 4 is 17.7 Å². The molecule has 0 aliphatic carbocycles. The molecule has 3 N–H and O–H groups in total. The van der Waals surface area contributed by atoms with Crippen molar-refractivity contribution in [3.63, 3.8) is 0 Å². The number of hydrogen-bond donors (Lipinski definition) is 3. The molecule has 114 valence electrons. The van der Waals surface area contributed by atoms with Crippen LogP contribution in [0, 0.1) is 0 Å². The fourth-order valence-electron chi connectivity index (χ4n) is 2.25. The van der Waals surface area contributed by atoms with Gasteiger partial charge in [0, 0.05) is 18.8 Å². The zero-order chi connectivity index (χ0) is 15.2. The molecule has 0 atom stereocenters. The number of benzene rings is 1. The predicted octanol–water partition coefficient (Wildman–Crippen LogP) is 1.39. The van der Waals surface area contributed by atoms with Gasteiger partial charge in [-0.2, -0.15) is 0 Å². The second kappa shape index (κ2) is 6.94. The maximum Gasteiger partial charge on any atom is 0.336 e. The van der Waals surface area contributed by atoms with Gasteiger partial charge in [0.2, 0.25) is 0 Å². The Bertz CT molecular complexity index is 497. The summed E-state index contributed by atoms with van der Waals surface area (Å²) in [6.07, 6.45) is 3.17. The molecule has 2 rings (SSSR count). The fourth-order valence-corrected chi connectivity index (χ4v) is 2.25. The van der Waals surface area contributed by atoms with Gasteiger partial charge >= 0.3 is 12.0 Å². The molecule has 1 saturated heterocycles. The molecule has 7 heteroatoms. The number of amides is 2. The molecule has 1 aliphatic rings. The van der Waals surface area contributed by atoms with Gasteiger partial charge in [0.1, 0.15) is 12.3 Å². The van der Waals surface area contributed by atoms with E-state index in [1.807, 2.05) is 0 Å². The number of aromatic hydroxyl groups is 1. The van der Waals surface area contributed by atoms with Gasteiger partial charge in [-0.1, -0.05) is 6.42 Å².